The van der Waals surface area contributed by atoms with Gasteiger partial charge in [0.25, 0.3) is 0 Å². The van der Waals surface area contributed by atoms with Crippen molar-refractivity contribution in [1.82, 2.24) is 0 Å². The molecule has 2 heteroatoms. The molecule has 0 radical (unpaired) electrons. The van der Waals surface area contributed by atoms with Gasteiger partial charge in [0.05, 0.1) is 0 Å². The van der Waals surface area contributed by atoms with E-state index in [2.05, 4.69) is 12.1 Å². The van der Waals surface area contributed by atoms with Gasteiger partial charge in [0, 0.05) is 29.7 Å². The third-order valence-electron chi connectivity index (χ3n) is 5.31. The largest absolute Gasteiger partial charge is 0.299 e. The van der Waals surface area contributed by atoms with Crippen molar-refractivity contribution < 1.29 is 9.59 Å². The Bertz CT molecular complexity index is 705. The maximum atomic E-state index is 13.0. The summed E-state index contributed by atoms with van der Waals surface area (Å²) in [4.78, 5) is 25.2. The van der Waals surface area contributed by atoms with Crippen LogP contribution in [-0.4, -0.2) is 11.6 Å². The zero-order valence-corrected chi connectivity index (χ0v) is 12.3. The SMILES string of the molecule is O=C1CC2CC1[C@H](c1ccccc1)[C@H]2C(=O)c1ccccc1. The van der Waals surface area contributed by atoms with E-state index in [0.29, 0.717) is 12.2 Å². The first-order valence-electron chi connectivity index (χ1n) is 7.92. The van der Waals surface area contributed by atoms with Gasteiger partial charge in [-0.3, -0.25) is 9.59 Å². The van der Waals surface area contributed by atoms with E-state index < -0.39 is 0 Å². The van der Waals surface area contributed by atoms with Crippen molar-refractivity contribution >= 4 is 11.6 Å². The van der Waals surface area contributed by atoms with Crippen LogP contribution < -0.4 is 0 Å². The topological polar surface area (TPSA) is 34.1 Å². The quantitative estimate of drug-likeness (QED) is 0.804. The summed E-state index contributed by atoms with van der Waals surface area (Å²) in [6.07, 6.45) is 1.46. The fraction of sp³-hybridized carbons (Fsp3) is 0.300. The Morgan fingerprint density at radius 3 is 2.23 bits per heavy atom. The van der Waals surface area contributed by atoms with Crippen LogP contribution in [0, 0.1) is 17.8 Å². The van der Waals surface area contributed by atoms with Gasteiger partial charge in [-0.2, -0.15) is 0 Å². The van der Waals surface area contributed by atoms with Gasteiger partial charge < -0.3 is 0 Å². The van der Waals surface area contributed by atoms with E-state index in [4.69, 9.17) is 0 Å². The van der Waals surface area contributed by atoms with E-state index in [0.717, 1.165) is 17.5 Å². The Balaban J connectivity index is 1.74. The highest BCUT2D eigenvalue weighted by molar-refractivity contribution is 6.01. The number of hydrogen-bond acceptors (Lipinski definition) is 2. The Labute approximate surface area is 130 Å². The molecular formula is C20H18O2. The predicted molar refractivity (Wildman–Crippen MR) is 84.7 cm³/mol. The minimum Gasteiger partial charge on any atom is -0.299 e. The number of fused-ring (bicyclic) bond motifs is 2. The summed E-state index contributed by atoms with van der Waals surface area (Å²) in [5.41, 5.74) is 1.91. The molecule has 0 saturated heterocycles. The first kappa shape index (κ1) is 13.4. The third kappa shape index (κ3) is 2.02. The molecule has 2 fully saturated rings. The van der Waals surface area contributed by atoms with Gasteiger partial charge in [-0.1, -0.05) is 60.7 Å². The molecule has 2 nitrogen and oxygen atoms in total. The molecule has 4 atom stereocenters. The van der Waals surface area contributed by atoms with Crippen molar-refractivity contribution in [3.8, 4) is 0 Å². The zero-order chi connectivity index (χ0) is 15.1. The molecule has 110 valence electrons. The number of rotatable bonds is 3. The second-order valence-electron chi connectivity index (χ2n) is 6.47. The van der Waals surface area contributed by atoms with Gasteiger partial charge in [-0.05, 0) is 17.9 Å². The van der Waals surface area contributed by atoms with Gasteiger partial charge in [0.2, 0.25) is 0 Å². The van der Waals surface area contributed by atoms with Gasteiger partial charge in [-0.25, -0.2) is 0 Å². The fourth-order valence-electron chi connectivity index (χ4n) is 4.40. The van der Waals surface area contributed by atoms with Crippen LogP contribution in [0.3, 0.4) is 0 Å². The van der Waals surface area contributed by atoms with Crippen LogP contribution in [0.1, 0.15) is 34.7 Å². The lowest BCUT2D eigenvalue weighted by atomic mass is 9.72. The van der Waals surface area contributed by atoms with Crippen LogP contribution in [0.15, 0.2) is 60.7 Å². The second-order valence-corrected chi connectivity index (χ2v) is 6.47. The molecule has 22 heavy (non-hydrogen) atoms. The molecule has 0 heterocycles. The smallest absolute Gasteiger partial charge is 0.166 e. The van der Waals surface area contributed by atoms with E-state index in [1.807, 2.05) is 48.5 Å². The summed E-state index contributed by atoms with van der Waals surface area (Å²) < 4.78 is 0. The predicted octanol–water partition coefficient (Wildman–Crippen LogP) is 3.88. The van der Waals surface area contributed by atoms with Crippen LogP contribution in [-0.2, 0) is 4.79 Å². The second kappa shape index (κ2) is 5.20. The standard InChI is InChI=1S/C20H18O2/c21-17-12-15-11-16(17)18(13-7-3-1-4-8-13)19(15)20(22)14-9-5-2-6-10-14/h1-10,15-16,18-19H,11-12H2/t15?,16?,18-,19-/m0/s1. The molecule has 4 rings (SSSR count). The lowest BCUT2D eigenvalue weighted by Crippen LogP contribution is -2.32. The number of hydrogen-bond donors (Lipinski definition) is 0. The van der Waals surface area contributed by atoms with Crippen molar-refractivity contribution in [3.63, 3.8) is 0 Å². The minimum atomic E-state index is -0.0486. The molecule has 2 unspecified atom stereocenters. The molecule has 2 aromatic carbocycles. The van der Waals surface area contributed by atoms with Gasteiger partial charge in [-0.15, -0.1) is 0 Å². The van der Waals surface area contributed by atoms with Crippen LogP contribution in [0.4, 0.5) is 0 Å². The van der Waals surface area contributed by atoms with E-state index in [-0.39, 0.29) is 29.5 Å². The van der Waals surface area contributed by atoms with Crippen LogP contribution in [0.25, 0.3) is 0 Å². The molecule has 2 saturated carbocycles. The third-order valence-corrected chi connectivity index (χ3v) is 5.31. The molecule has 0 aliphatic heterocycles. The zero-order valence-electron chi connectivity index (χ0n) is 12.3. The van der Waals surface area contributed by atoms with Crippen LogP contribution >= 0.6 is 0 Å². The Hall–Kier alpha value is -2.22. The normalized spacial score (nSPS) is 29.7. The highest BCUT2D eigenvalue weighted by Gasteiger charge is 2.55. The van der Waals surface area contributed by atoms with Crippen molar-refractivity contribution in [1.29, 1.82) is 0 Å². The van der Waals surface area contributed by atoms with E-state index in [9.17, 15) is 9.59 Å². The molecular weight excluding hydrogens is 272 g/mol. The molecule has 0 aromatic heterocycles. The number of benzene rings is 2. The first-order valence-corrected chi connectivity index (χ1v) is 7.92. The summed E-state index contributed by atoms with van der Waals surface area (Å²) in [6.45, 7) is 0. The summed E-state index contributed by atoms with van der Waals surface area (Å²) in [7, 11) is 0. The average Bonchev–Trinajstić information content (AvgIpc) is 3.12. The average molecular weight is 290 g/mol. The summed E-state index contributed by atoms with van der Waals surface area (Å²) in [5.74, 6) is 0.804. The molecule has 2 bridgehead atoms. The number of carbonyl (C=O) groups excluding carboxylic acids is 2. The molecule has 0 N–H and O–H groups in total. The van der Waals surface area contributed by atoms with E-state index in [1.165, 1.54) is 0 Å². The van der Waals surface area contributed by atoms with E-state index in [1.54, 1.807) is 0 Å². The molecule has 0 spiro atoms. The molecule has 2 aliphatic carbocycles. The van der Waals surface area contributed by atoms with Gasteiger partial charge in [0.1, 0.15) is 5.78 Å². The van der Waals surface area contributed by atoms with Crippen LogP contribution in [0.5, 0.6) is 0 Å². The molecule has 2 aromatic rings. The summed E-state index contributed by atoms with van der Waals surface area (Å²) in [6, 6.07) is 19.6. The molecule has 2 aliphatic rings. The number of ketones is 2. The molecule has 0 amide bonds. The Kier molecular flexibility index (Phi) is 3.18. The van der Waals surface area contributed by atoms with Crippen molar-refractivity contribution in [3.05, 3.63) is 71.8 Å². The first-order chi connectivity index (χ1) is 10.8. The highest BCUT2D eigenvalue weighted by atomic mass is 16.1. The maximum Gasteiger partial charge on any atom is 0.166 e. The lowest BCUT2D eigenvalue weighted by Gasteiger charge is -2.29. The Morgan fingerprint density at radius 2 is 1.55 bits per heavy atom. The lowest BCUT2D eigenvalue weighted by molar-refractivity contribution is -0.122. The summed E-state index contributed by atoms with van der Waals surface area (Å²) in [5, 5.41) is 0. The van der Waals surface area contributed by atoms with E-state index >= 15 is 0 Å². The number of Topliss-reactive ketones (excluding diaryl/α,β-unsaturated/α-hetero) is 2. The van der Waals surface area contributed by atoms with Crippen molar-refractivity contribution in [2.45, 2.75) is 18.8 Å². The van der Waals surface area contributed by atoms with Crippen LogP contribution in [0.2, 0.25) is 0 Å². The van der Waals surface area contributed by atoms with Gasteiger partial charge >= 0.3 is 0 Å². The number of carbonyl (C=O) groups is 2. The minimum absolute atomic E-state index is 0.0325. The van der Waals surface area contributed by atoms with Crippen molar-refractivity contribution in [2.24, 2.45) is 17.8 Å². The fourth-order valence-corrected chi connectivity index (χ4v) is 4.40. The maximum absolute atomic E-state index is 13.0. The Morgan fingerprint density at radius 1 is 0.909 bits per heavy atom. The monoisotopic (exact) mass is 290 g/mol. The van der Waals surface area contributed by atoms with Gasteiger partial charge in [0.15, 0.2) is 5.78 Å². The van der Waals surface area contributed by atoms with Crippen molar-refractivity contribution in [2.75, 3.05) is 0 Å². The summed E-state index contributed by atoms with van der Waals surface area (Å²) >= 11 is 0. The highest BCUT2D eigenvalue weighted by Crippen LogP contribution is 2.55.